The van der Waals surface area contributed by atoms with Crippen molar-refractivity contribution in [1.29, 1.82) is 0 Å². The molecule has 0 bridgehead atoms. The van der Waals surface area contributed by atoms with Crippen molar-refractivity contribution >= 4 is 11.6 Å². The number of hydrogen-bond acceptors (Lipinski definition) is 0. The second-order valence-corrected chi connectivity index (χ2v) is 2.14. The van der Waals surface area contributed by atoms with Crippen LogP contribution in [0.15, 0.2) is 35.9 Å². The van der Waals surface area contributed by atoms with Gasteiger partial charge in [-0.2, -0.15) is 0 Å². The van der Waals surface area contributed by atoms with Gasteiger partial charge in [0.25, 0.3) is 0 Å². The summed E-state index contributed by atoms with van der Waals surface area (Å²) in [5.41, 5.74) is 1.56. The molecule has 0 aromatic heterocycles. The van der Waals surface area contributed by atoms with Crippen LogP contribution in [0.1, 0.15) is 19.8 Å². The first-order chi connectivity index (χ1) is 4.91. The van der Waals surface area contributed by atoms with Crippen LogP contribution in [0.25, 0.3) is 0 Å². The minimum atomic E-state index is 1.03. The SMILES string of the molecule is C/C=C/C=C/CC/C=C\Cl. The van der Waals surface area contributed by atoms with E-state index in [2.05, 4.69) is 6.08 Å². The summed E-state index contributed by atoms with van der Waals surface area (Å²) in [4.78, 5) is 0. The monoisotopic (exact) mass is 156 g/mol. The molecule has 10 heavy (non-hydrogen) atoms. The molecule has 0 rings (SSSR count). The van der Waals surface area contributed by atoms with Crippen molar-refractivity contribution in [2.45, 2.75) is 19.8 Å². The van der Waals surface area contributed by atoms with E-state index in [1.54, 1.807) is 5.54 Å². The Labute approximate surface area is 67.9 Å². The molecule has 0 aliphatic carbocycles. The first-order valence-electron chi connectivity index (χ1n) is 3.45. The van der Waals surface area contributed by atoms with Crippen LogP contribution in [0.5, 0.6) is 0 Å². The Balaban J connectivity index is 3.18. The van der Waals surface area contributed by atoms with Gasteiger partial charge in [0.1, 0.15) is 0 Å². The molecule has 0 fully saturated rings. The zero-order valence-corrected chi connectivity index (χ0v) is 7.01. The Morgan fingerprint density at radius 3 is 2.40 bits per heavy atom. The molecule has 0 N–H and O–H groups in total. The molecule has 0 aromatic rings. The van der Waals surface area contributed by atoms with Gasteiger partial charge < -0.3 is 0 Å². The maximum absolute atomic E-state index is 5.32. The summed E-state index contributed by atoms with van der Waals surface area (Å²) in [6.07, 6.45) is 12.2. The van der Waals surface area contributed by atoms with Crippen molar-refractivity contribution in [3.05, 3.63) is 35.9 Å². The number of halogens is 1. The number of unbranched alkanes of at least 4 members (excludes halogenated alkanes) is 1. The van der Waals surface area contributed by atoms with E-state index in [-0.39, 0.29) is 0 Å². The quantitative estimate of drug-likeness (QED) is 0.431. The number of rotatable bonds is 4. The highest BCUT2D eigenvalue weighted by atomic mass is 35.5. The fourth-order valence-electron chi connectivity index (χ4n) is 0.541. The summed E-state index contributed by atoms with van der Waals surface area (Å²) in [6, 6.07) is 0. The number of hydrogen-bond donors (Lipinski definition) is 0. The van der Waals surface area contributed by atoms with Crippen LogP contribution in [-0.2, 0) is 0 Å². The third-order valence-corrected chi connectivity index (χ3v) is 1.21. The smallest absolute Gasteiger partial charge is 0.000256 e. The van der Waals surface area contributed by atoms with Crippen molar-refractivity contribution in [1.82, 2.24) is 0 Å². The van der Waals surface area contributed by atoms with Gasteiger partial charge >= 0.3 is 0 Å². The molecular weight excluding hydrogens is 144 g/mol. The van der Waals surface area contributed by atoms with E-state index in [4.69, 9.17) is 11.6 Å². The zero-order valence-electron chi connectivity index (χ0n) is 6.26. The third kappa shape index (κ3) is 7.51. The maximum atomic E-state index is 5.32. The van der Waals surface area contributed by atoms with E-state index in [0.29, 0.717) is 0 Å². The van der Waals surface area contributed by atoms with Crippen molar-refractivity contribution in [3.63, 3.8) is 0 Å². The van der Waals surface area contributed by atoms with Crippen LogP contribution < -0.4 is 0 Å². The normalized spacial score (nSPS) is 12.6. The highest BCUT2D eigenvalue weighted by Gasteiger charge is 1.72. The molecule has 0 saturated carbocycles. The topological polar surface area (TPSA) is 0 Å². The molecule has 56 valence electrons. The fraction of sp³-hybridized carbons (Fsp3) is 0.333. The highest BCUT2D eigenvalue weighted by Crippen LogP contribution is 1.93. The van der Waals surface area contributed by atoms with E-state index in [1.165, 1.54) is 0 Å². The summed E-state index contributed by atoms with van der Waals surface area (Å²) in [5, 5.41) is 0. The minimum Gasteiger partial charge on any atom is -0.0933 e. The summed E-state index contributed by atoms with van der Waals surface area (Å²) < 4.78 is 0. The second-order valence-electron chi connectivity index (χ2n) is 1.89. The van der Waals surface area contributed by atoms with Gasteiger partial charge in [0.05, 0.1) is 0 Å². The molecule has 0 aliphatic heterocycles. The molecule has 0 nitrogen and oxygen atoms in total. The van der Waals surface area contributed by atoms with Crippen LogP contribution in [0.3, 0.4) is 0 Å². The van der Waals surface area contributed by atoms with Gasteiger partial charge in [-0.05, 0) is 19.8 Å². The average molecular weight is 157 g/mol. The van der Waals surface area contributed by atoms with Crippen molar-refractivity contribution in [2.75, 3.05) is 0 Å². The highest BCUT2D eigenvalue weighted by molar-refractivity contribution is 6.25. The van der Waals surface area contributed by atoms with Crippen molar-refractivity contribution in [2.24, 2.45) is 0 Å². The molecule has 0 aromatic carbocycles. The van der Waals surface area contributed by atoms with Crippen LogP contribution in [0.4, 0.5) is 0 Å². The largest absolute Gasteiger partial charge is 0.0933 e. The Morgan fingerprint density at radius 2 is 1.80 bits per heavy atom. The predicted molar refractivity (Wildman–Crippen MR) is 48.2 cm³/mol. The minimum absolute atomic E-state index is 1.03. The van der Waals surface area contributed by atoms with Gasteiger partial charge in [0.2, 0.25) is 0 Å². The lowest BCUT2D eigenvalue weighted by molar-refractivity contribution is 1.05. The van der Waals surface area contributed by atoms with Gasteiger partial charge in [-0.25, -0.2) is 0 Å². The molecule has 1 heteroatoms. The fourth-order valence-corrected chi connectivity index (χ4v) is 0.667. The first kappa shape index (κ1) is 9.51. The summed E-state index contributed by atoms with van der Waals surface area (Å²) in [6.45, 7) is 2.00. The molecule has 0 atom stereocenters. The lowest BCUT2D eigenvalue weighted by atomic mass is 10.3. The van der Waals surface area contributed by atoms with Crippen LogP contribution in [-0.4, -0.2) is 0 Å². The van der Waals surface area contributed by atoms with E-state index in [9.17, 15) is 0 Å². The van der Waals surface area contributed by atoms with Crippen LogP contribution >= 0.6 is 11.6 Å². The van der Waals surface area contributed by atoms with Crippen molar-refractivity contribution in [3.8, 4) is 0 Å². The summed E-state index contributed by atoms with van der Waals surface area (Å²) in [7, 11) is 0. The Hall–Kier alpha value is -0.490. The Morgan fingerprint density at radius 1 is 1.10 bits per heavy atom. The van der Waals surface area contributed by atoms with Gasteiger partial charge in [0.15, 0.2) is 0 Å². The standard InChI is InChI=1S/C9H13Cl/c1-2-3-4-5-6-7-8-9-10/h2-5,8-9H,6-7H2,1H3/b3-2+,5-4+,9-8-. The lowest BCUT2D eigenvalue weighted by Gasteiger charge is -1.81. The van der Waals surface area contributed by atoms with E-state index in [1.807, 2.05) is 31.2 Å². The van der Waals surface area contributed by atoms with Gasteiger partial charge in [-0.1, -0.05) is 42.0 Å². The van der Waals surface area contributed by atoms with Crippen LogP contribution in [0, 0.1) is 0 Å². The second kappa shape index (κ2) is 8.51. The predicted octanol–water partition coefficient (Wildman–Crippen LogP) is 3.65. The molecule has 0 saturated heterocycles. The molecule has 0 spiro atoms. The molecule has 0 amide bonds. The molecule has 0 radical (unpaired) electrons. The molecular formula is C9H13Cl. The van der Waals surface area contributed by atoms with E-state index in [0.717, 1.165) is 12.8 Å². The van der Waals surface area contributed by atoms with E-state index < -0.39 is 0 Å². The Bertz CT molecular complexity index is 132. The van der Waals surface area contributed by atoms with Gasteiger partial charge in [-0.3, -0.25) is 0 Å². The first-order valence-corrected chi connectivity index (χ1v) is 3.88. The van der Waals surface area contributed by atoms with Crippen LogP contribution in [0.2, 0.25) is 0 Å². The van der Waals surface area contributed by atoms with Gasteiger partial charge in [-0.15, -0.1) is 0 Å². The molecule has 0 unspecified atom stereocenters. The molecule has 0 aliphatic rings. The van der Waals surface area contributed by atoms with Gasteiger partial charge in [0, 0.05) is 5.54 Å². The summed E-state index contributed by atoms with van der Waals surface area (Å²) in [5.74, 6) is 0. The third-order valence-electron chi connectivity index (χ3n) is 1.03. The lowest BCUT2D eigenvalue weighted by Crippen LogP contribution is -1.61. The Kier molecular flexibility index (Phi) is 8.09. The zero-order chi connectivity index (χ0) is 7.66. The maximum Gasteiger partial charge on any atom is 0.000256 e. The average Bonchev–Trinajstić information content (AvgIpc) is 1.97. The van der Waals surface area contributed by atoms with Crippen molar-refractivity contribution < 1.29 is 0 Å². The number of allylic oxidation sites excluding steroid dienone is 5. The van der Waals surface area contributed by atoms with E-state index >= 15 is 0 Å². The summed E-state index contributed by atoms with van der Waals surface area (Å²) >= 11 is 5.32. The molecule has 0 heterocycles.